The van der Waals surface area contributed by atoms with E-state index in [0.717, 1.165) is 38.4 Å². The Morgan fingerprint density at radius 1 is 1.16 bits per heavy atom. The second kappa shape index (κ2) is 7.15. The summed E-state index contributed by atoms with van der Waals surface area (Å²) in [7, 11) is 0. The highest BCUT2D eigenvalue weighted by atomic mass is 19.4. The van der Waals surface area contributed by atoms with Crippen molar-refractivity contribution in [3.8, 4) is 0 Å². The summed E-state index contributed by atoms with van der Waals surface area (Å²) >= 11 is 0. The first-order valence-electron chi connectivity index (χ1n) is 8.54. The minimum atomic E-state index is -4.43. The van der Waals surface area contributed by atoms with Crippen LogP contribution in [0, 0.1) is 5.92 Å². The zero-order valence-electron chi connectivity index (χ0n) is 14.2. The second-order valence-corrected chi connectivity index (χ2v) is 6.54. The lowest BCUT2D eigenvalue weighted by molar-refractivity contribution is -0.141. The SMILES string of the molecule is CCCN1CC(C(=O)N2CCN(c3ncc(C(F)(F)F)cn3)CC2)C1. The Morgan fingerprint density at radius 3 is 2.28 bits per heavy atom. The quantitative estimate of drug-likeness (QED) is 0.817. The molecule has 0 saturated carbocycles. The van der Waals surface area contributed by atoms with E-state index >= 15 is 0 Å². The molecular formula is C16H22F3N5O. The average Bonchev–Trinajstić information content (AvgIpc) is 2.57. The number of likely N-dealkylation sites (tertiary alicyclic amines) is 1. The van der Waals surface area contributed by atoms with E-state index in [-0.39, 0.29) is 17.8 Å². The van der Waals surface area contributed by atoms with Crippen LogP contribution in [0.25, 0.3) is 0 Å². The fourth-order valence-corrected chi connectivity index (χ4v) is 3.24. The minimum absolute atomic E-state index is 0.0837. The summed E-state index contributed by atoms with van der Waals surface area (Å²) in [4.78, 5) is 26.0. The van der Waals surface area contributed by atoms with Gasteiger partial charge in [0.15, 0.2) is 0 Å². The molecule has 3 rings (SSSR count). The summed E-state index contributed by atoms with van der Waals surface area (Å²) in [6, 6.07) is 0. The number of alkyl halides is 3. The van der Waals surface area contributed by atoms with Crippen LogP contribution < -0.4 is 4.90 Å². The van der Waals surface area contributed by atoms with Gasteiger partial charge in [0.05, 0.1) is 11.5 Å². The molecule has 2 saturated heterocycles. The Balaban J connectivity index is 1.49. The third-order valence-electron chi connectivity index (χ3n) is 4.69. The summed E-state index contributed by atoms with van der Waals surface area (Å²) in [6.07, 6.45) is -1.74. The number of hydrogen-bond donors (Lipinski definition) is 0. The number of halogens is 3. The van der Waals surface area contributed by atoms with Crippen LogP contribution >= 0.6 is 0 Å². The summed E-state index contributed by atoms with van der Waals surface area (Å²) < 4.78 is 37.7. The molecule has 0 aliphatic carbocycles. The Hall–Kier alpha value is -1.90. The normalized spacial score (nSPS) is 19.8. The van der Waals surface area contributed by atoms with Crippen LogP contribution in [0.2, 0.25) is 0 Å². The van der Waals surface area contributed by atoms with Crippen molar-refractivity contribution in [3.63, 3.8) is 0 Å². The first kappa shape index (κ1) is 17.9. The van der Waals surface area contributed by atoms with E-state index in [0.29, 0.717) is 26.2 Å². The van der Waals surface area contributed by atoms with Gasteiger partial charge in [0.2, 0.25) is 11.9 Å². The first-order valence-corrected chi connectivity index (χ1v) is 8.54. The van der Waals surface area contributed by atoms with Gasteiger partial charge in [0, 0.05) is 51.7 Å². The van der Waals surface area contributed by atoms with Crippen molar-refractivity contribution in [3.05, 3.63) is 18.0 Å². The van der Waals surface area contributed by atoms with E-state index in [9.17, 15) is 18.0 Å². The van der Waals surface area contributed by atoms with Gasteiger partial charge in [-0.1, -0.05) is 6.92 Å². The molecule has 1 aromatic rings. The minimum Gasteiger partial charge on any atom is -0.339 e. The molecule has 0 atom stereocenters. The number of hydrogen-bond acceptors (Lipinski definition) is 5. The van der Waals surface area contributed by atoms with Crippen molar-refractivity contribution >= 4 is 11.9 Å². The lowest BCUT2D eigenvalue weighted by Gasteiger charge is -2.42. The predicted molar refractivity (Wildman–Crippen MR) is 86.0 cm³/mol. The molecule has 0 aromatic carbocycles. The Morgan fingerprint density at radius 2 is 1.76 bits per heavy atom. The highest BCUT2D eigenvalue weighted by Gasteiger charge is 2.36. The molecule has 0 unspecified atom stereocenters. The van der Waals surface area contributed by atoms with E-state index in [4.69, 9.17) is 0 Å². The smallest absolute Gasteiger partial charge is 0.339 e. The molecule has 0 N–H and O–H groups in total. The van der Waals surface area contributed by atoms with Gasteiger partial charge in [-0.3, -0.25) is 4.79 Å². The van der Waals surface area contributed by atoms with E-state index in [1.54, 1.807) is 0 Å². The molecule has 0 bridgehead atoms. The fourth-order valence-electron chi connectivity index (χ4n) is 3.24. The molecule has 1 amide bonds. The van der Waals surface area contributed by atoms with Gasteiger partial charge in [-0.15, -0.1) is 0 Å². The predicted octanol–water partition coefficient (Wildman–Crippen LogP) is 1.49. The molecule has 138 valence electrons. The highest BCUT2D eigenvalue weighted by Crippen LogP contribution is 2.28. The summed E-state index contributed by atoms with van der Waals surface area (Å²) in [5.41, 5.74) is -0.855. The molecule has 2 aliphatic heterocycles. The highest BCUT2D eigenvalue weighted by molar-refractivity contribution is 5.80. The molecule has 0 radical (unpaired) electrons. The Kier molecular flexibility index (Phi) is 5.12. The molecule has 2 aliphatic rings. The third kappa shape index (κ3) is 4.02. The van der Waals surface area contributed by atoms with Gasteiger partial charge in [-0.25, -0.2) is 9.97 Å². The topological polar surface area (TPSA) is 52.6 Å². The summed E-state index contributed by atoms with van der Waals surface area (Å²) in [5.74, 6) is 0.540. The average molecular weight is 357 g/mol. The number of carbonyl (C=O) groups is 1. The van der Waals surface area contributed by atoms with E-state index in [2.05, 4.69) is 21.8 Å². The maximum atomic E-state index is 12.6. The van der Waals surface area contributed by atoms with Gasteiger partial charge in [0.25, 0.3) is 0 Å². The molecule has 9 heteroatoms. The lowest BCUT2D eigenvalue weighted by Crippen LogP contribution is -2.58. The monoisotopic (exact) mass is 357 g/mol. The van der Waals surface area contributed by atoms with E-state index in [1.165, 1.54) is 0 Å². The largest absolute Gasteiger partial charge is 0.419 e. The number of rotatable bonds is 4. The van der Waals surface area contributed by atoms with Gasteiger partial charge in [-0.05, 0) is 13.0 Å². The maximum absolute atomic E-state index is 12.6. The first-order chi connectivity index (χ1) is 11.9. The number of anilines is 1. The van der Waals surface area contributed by atoms with E-state index < -0.39 is 11.7 Å². The van der Waals surface area contributed by atoms with Crippen LogP contribution in [0.1, 0.15) is 18.9 Å². The van der Waals surface area contributed by atoms with Crippen LogP contribution in [0.4, 0.5) is 19.1 Å². The van der Waals surface area contributed by atoms with Gasteiger partial charge < -0.3 is 14.7 Å². The zero-order chi connectivity index (χ0) is 18.0. The molecule has 3 heterocycles. The van der Waals surface area contributed by atoms with Crippen molar-refractivity contribution in [2.75, 3.05) is 50.7 Å². The van der Waals surface area contributed by atoms with E-state index in [1.807, 2.05) is 9.80 Å². The molecular weight excluding hydrogens is 335 g/mol. The number of carbonyl (C=O) groups excluding carboxylic acids is 1. The standard InChI is InChI=1S/C16H22F3N5O/c1-2-3-22-10-12(11-22)14(25)23-4-6-24(7-5-23)15-20-8-13(9-21-15)16(17,18)19/h8-9,12H,2-7,10-11H2,1H3. The molecule has 2 fully saturated rings. The number of nitrogens with zero attached hydrogens (tertiary/aromatic N) is 5. The molecule has 25 heavy (non-hydrogen) atoms. The number of piperazine rings is 1. The van der Waals surface area contributed by atoms with Crippen LogP contribution in [0.15, 0.2) is 12.4 Å². The van der Waals surface area contributed by atoms with Crippen LogP contribution in [-0.4, -0.2) is 71.5 Å². The fraction of sp³-hybridized carbons (Fsp3) is 0.688. The van der Waals surface area contributed by atoms with Gasteiger partial charge in [-0.2, -0.15) is 13.2 Å². The summed E-state index contributed by atoms with van der Waals surface area (Å²) in [5, 5.41) is 0. The number of aromatic nitrogens is 2. The van der Waals surface area contributed by atoms with Gasteiger partial charge >= 0.3 is 6.18 Å². The van der Waals surface area contributed by atoms with Crippen LogP contribution in [0.3, 0.4) is 0 Å². The third-order valence-corrected chi connectivity index (χ3v) is 4.69. The molecule has 0 spiro atoms. The van der Waals surface area contributed by atoms with Crippen molar-refractivity contribution in [2.45, 2.75) is 19.5 Å². The van der Waals surface area contributed by atoms with Crippen molar-refractivity contribution in [2.24, 2.45) is 5.92 Å². The van der Waals surface area contributed by atoms with Crippen molar-refractivity contribution < 1.29 is 18.0 Å². The zero-order valence-corrected chi connectivity index (χ0v) is 14.2. The second-order valence-electron chi connectivity index (χ2n) is 6.54. The van der Waals surface area contributed by atoms with Crippen molar-refractivity contribution in [1.82, 2.24) is 19.8 Å². The molecule has 6 nitrogen and oxygen atoms in total. The maximum Gasteiger partial charge on any atom is 0.419 e. The summed E-state index contributed by atoms with van der Waals surface area (Å²) in [6.45, 7) is 6.97. The van der Waals surface area contributed by atoms with Crippen LogP contribution in [0.5, 0.6) is 0 Å². The lowest BCUT2D eigenvalue weighted by atomic mass is 9.98. The van der Waals surface area contributed by atoms with Crippen molar-refractivity contribution in [1.29, 1.82) is 0 Å². The number of amides is 1. The molecule has 1 aromatic heterocycles. The Labute approximate surface area is 144 Å². The van der Waals surface area contributed by atoms with Crippen LogP contribution in [-0.2, 0) is 11.0 Å². The van der Waals surface area contributed by atoms with Gasteiger partial charge in [0.1, 0.15) is 0 Å². The Bertz CT molecular complexity index is 593.